The molecular weight excluding hydrogens is 259 g/mol. The van der Waals surface area contributed by atoms with Gasteiger partial charge in [0.25, 0.3) is 15.9 Å². The standard InChI is InChI=1S/C11H13FN2O3S/c1-11(2)10(15)14(18(11,16)17)9-5-3-4-8(12)7(9)6-13/h3-5H,6,13H2,1-2H3. The molecule has 98 valence electrons. The van der Waals surface area contributed by atoms with E-state index in [2.05, 4.69) is 0 Å². The normalized spacial score (nSPS) is 20.7. The quantitative estimate of drug-likeness (QED) is 0.861. The summed E-state index contributed by atoms with van der Waals surface area (Å²) in [6, 6.07) is 3.89. The number of hydrogen-bond donors (Lipinski definition) is 1. The van der Waals surface area contributed by atoms with Crippen molar-refractivity contribution in [3.63, 3.8) is 0 Å². The van der Waals surface area contributed by atoms with Crippen molar-refractivity contribution in [2.75, 3.05) is 4.31 Å². The van der Waals surface area contributed by atoms with E-state index in [1.807, 2.05) is 0 Å². The summed E-state index contributed by atoms with van der Waals surface area (Å²) in [6.45, 7) is 2.47. The zero-order valence-corrected chi connectivity index (χ0v) is 10.8. The zero-order valence-electron chi connectivity index (χ0n) is 9.97. The maximum Gasteiger partial charge on any atom is 0.263 e. The van der Waals surface area contributed by atoms with Gasteiger partial charge >= 0.3 is 0 Å². The van der Waals surface area contributed by atoms with E-state index in [9.17, 15) is 17.6 Å². The predicted molar refractivity (Wildman–Crippen MR) is 64.8 cm³/mol. The molecule has 1 aromatic rings. The average molecular weight is 272 g/mol. The van der Waals surface area contributed by atoms with Gasteiger partial charge in [0, 0.05) is 12.1 Å². The number of halogens is 1. The van der Waals surface area contributed by atoms with Crippen LogP contribution in [0.2, 0.25) is 0 Å². The van der Waals surface area contributed by atoms with E-state index >= 15 is 0 Å². The molecular formula is C11H13FN2O3S. The molecule has 1 saturated heterocycles. The summed E-state index contributed by atoms with van der Waals surface area (Å²) in [5.41, 5.74) is 5.42. The van der Waals surface area contributed by atoms with Crippen LogP contribution in [-0.4, -0.2) is 19.1 Å². The lowest BCUT2D eigenvalue weighted by molar-refractivity contribution is -0.120. The SMILES string of the molecule is CC1(C)C(=O)N(c2cccc(F)c2CN)S1(=O)=O. The molecule has 1 heterocycles. The van der Waals surface area contributed by atoms with E-state index in [4.69, 9.17) is 5.73 Å². The smallest absolute Gasteiger partial charge is 0.263 e. The number of sulfonamides is 1. The number of carbonyl (C=O) groups is 1. The van der Waals surface area contributed by atoms with Gasteiger partial charge in [0.2, 0.25) is 0 Å². The van der Waals surface area contributed by atoms with Crippen LogP contribution in [0.25, 0.3) is 0 Å². The van der Waals surface area contributed by atoms with Crippen molar-refractivity contribution in [3.8, 4) is 0 Å². The first kappa shape index (κ1) is 13.0. The van der Waals surface area contributed by atoms with Crippen molar-refractivity contribution in [2.24, 2.45) is 5.73 Å². The van der Waals surface area contributed by atoms with Crippen molar-refractivity contribution < 1.29 is 17.6 Å². The van der Waals surface area contributed by atoms with E-state index < -0.39 is 26.5 Å². The van der Waals surface area contributed by atoms with Crippen LogP contribution in [0.15, 0.2) is 18.2 Å². The van der Waals surface area contributed by atoms with E-state index in [1.54, 1.807) is 0 Å². The Balaban J connectivity index is 2.60. The molecule has 1 aromatic carbocycles. The van der Waals surface area contributed by atoms with Crippen molar-refractivity contribution in [1.29, 1.82) is 0 Å². The molecule has 1 fully saturated rings. The highest BCUT2D eigenvalue weighted by Gasteiger charge is 2.61. The third-order valence-electron chi connectivity index (χ3n) is 3.10. The molecule has 0 aromatic heterocycles. The van der Waals surface area contributed by atoms with E-state index in [0.29, 0.717) is 4.31 Å². The van der Waals surface area contributed by atoms with Crippen LogP contribution < -0.4 is 10.0 Å². The Bertz CT molecular complexity index is 625. The monoisotopic (exact) mass is 272 g/mol. The molecule has 1 amide bonds. The Kier molecular flexibility index (Phi) is 2.71. The van der Waals surface area contributed by atoms with Gasteiger partial charge in [-0.2, -0.15) is 0 Å². The molecule has 0 aliphatic carbocycles. The lowest BCUT2D eigenvalue weighted by Crippen LogP contribution is -2.68. The highest BCUT2D eigenvalue weighted by atomic mass is 32.2. The number of hydrogen-bond acceptors (Lipinski definition) is 4. The molecule has 0 atom stereocenters. The van der Waals surface area contributed by atoms with Gasteiger partial charge in [-0.3, -0.25) is 4.79 Å². The zero-order chi connectivity index (χ0) is 13.7. The van der Waals surface area contributed by atoms with Crippen LogP contribution in [0.5, 0.6) is 0 Å². The number of anilines is 1. The number of nitrogens with two attached hydrogens (primary N) is 1. The minimum atomic E-state index is -3.79. The van der Waals surface area contributed by atoms with Gasteiger partial charge in [0.1, 0.15) is 5.82 Å². The molecule has 2 N–H and O–H groups in total. The van der Waals surface area contributed by atoms with Crippen LogP contribution in [0, 0.1) is 5.82 Å². The molecule has 18 heavy (non-hydrogen) atoms. The fraction of sp³-hybridized carbons (Fsp3) is 0.364. The maximum absolute atomic E-state index is 13.5. The Morgan fingerprint density at radius 3 is 2.50 bits per heavy atom. The first-order chi connectivity index (χ1) is 8.25. The van der Waals surface area contributed by atoms with Crippen molar-refractivity contribution >= 4 is 21.6 Å². The van der Waals surface area contributed by atoms with Gasteiger partial charge in [-0.05, 0) is 26.0 Å². The lowest BCUT2D eigenvalue weighted by Gasteiger charge is -2.43. The number of nitrogens with zero attached hydrogens (tertiary/aromatic N) is 1. The predicted octanol–water partition coefficient (Wildman–Crippen LogP) is 0.739. The van der Waals surface area contributed by atoms with Crippen LogP contribution >= 0.6 is 0 Å². The Morgan fingerprint density at radius 2 is 2.00 bits per heavy atom. The van der Waals surface area contributed by atoms with Crippen LogP contribution in [0.4, 0.5) is 10.1 Å². The number of rotatable bonds is 2. The summed E-state index contributed by atoms with van der Waals surface area (Å²) in [7, 11) is -3.79. The second-order valence-corrected chi connectivity index (χ2v) is 6.86. The van der Waals surface area contributed by atoms with E-state index in [1.165, 1.54) is 32.0 Å². The second kappa shape index (κ2) is 3.76. The molecule has 7 heteroatoms. The van der Waals surface area contributed by atoms with Gasteiger partial charge in [-0.15, -0.1) is 0 Å². The maximum atomic E-state index is 13.5. The van der Waals surface area contributed by atoms with Crippen LogP contribution in [0.1, 0.15) is 19.4 Å². The summed E-state index contributed by atoms with van der Waals surface area (Å²) >= 11 is 0. The molecule has 1 aliphatic rings. The van der Waals surface area contributed by atoms with Crippen molar-refractivity contribution in [2.45, 2.75) is 25.1 Å². The third kappa shape index (κ3) is 1.40. The lowest BCUT2D eigenvalue weighted by atomic mass is 10.1. The third-order valence-corrected chi connectivity index (χ3v) is 5.41. The van der Waals surface area contributed by atoms with Gasteiger partial charge in [0.15, 0.2) is 4.75 Å². The van der Waals surface area contributed by atoms with E-state index in [0.717, 1.165) is 0 Å². The van der Waals surface area contributed by atoms with Gasteiger partial charge in [-0.25, -0.2) is 17.1 Å². The molecule has 0 bridgehead atoms. The average Bonchev–Trinajstić information content (AvgIpc) is 2.29. The summed E-state index contributed by atoms with van der Waals surface area (Å²) in [6.07, 6.45) is 0. The number of carbonyl (C=O) groups excluding carboxylic acids is 1. The minimum absolute atomic E-state index is 0.00169. The summed E-state index contributed by atoms with van der Waals surface area (Å²) in [4.78, 5) is 11.9. The Labute approximate surface area is 104 Å². The van der Waals surface area contributed by atoms with Crippen molar-refractivity contribution in [3.05, 3.63) is 29.6 Å². The Hall–Kier alpha value is -1.47. The van der Waals surface area contributed by atoms with Crippen LogP contribution in [-0.2, 0) is 21.4 Å². The van der Waals surface area contributed by atoms with Gasteiger partial charge < -0.3 is 5.73 Å². The molecule has 5 nitrogen and oxygen atoms in total. The van der Waals surface area contributed by atoms with E-state index in [-0.39, 0.29) is 17.8 Å². The number of benzene rings is 1. The molecule has 1 aliphatic heterocycles. The molecule has 0 spiro atoms. The highest BCUT2D eigenvalue weighted by molar-refractivity contribution is 7.98. The van der Waals surface area contributed by atoms with Crippen molar-refractivity contribution in [1.82, 2.24) is 0 Å². The Morgan fingerprint density at radius 1 is 1.39 bits per heavy atom. The minimum Gasteiger partial charge on any atom is -0.326 e. The van der Waals surface area contributed by atoms with Gasteiger partial charge in [-0.1, -0.05) is 6.07 Å². The molecule has 0 radical (unpaired) electrons. The summed E-state index contributed by atoms with van der Waals surface area (Å²) in [5.74, 6) is -1.20. The summed E-state index contributed by atoms with van der Waals surface area (Å²) in [5, 5.41) is 0. The molecule has 0 unspecified atom stereocenters. The fourth-order valence-corrected chi connectivity index (χ4v) is 3.34. The summed E-state index contributed by atoms with van der Waals surface area (Å²) < 4.78 is 36.7. The van der Waals surface area contributed by atoms with Crippen LogP contribution in [0.3, 0.4) is 0 Å². The highest BCUT2D eigenvalue weighted by Crippen LogP contribution is 2.40. The largest absolute Gasteiger partial charge is 0.326 e. The molecule has 2 rings (SSSR count). The topological polar surface area (TPSA) is 80.5 Å². The first-order valence-corrected chi connectivity index (χ1v) is 6.76. The molecule has 0 saturated carbocycles. The fourth-order valence-electron chi connectivity index (χ4n) is 1.83. The second-order valence-electron chi connectivity index (χ2n) is 4.53. The number of amides is 1. The van der Waals surface area contributed by atoms with Gasteiger partial charge in [0.05, 0.1) is 5.69 Å². The first-order valence-electron chi connectivity index (χ1n) is 5.32.